The molecule has 0 amide bonds. The van der Waals surface area contributed by atoms with E-state index in [1.165, 1.54) is 36.2 Å². The SMILES string of the molecule is CC(C)=CCC1NC(C)=CC2=C1CC1CNC3=CCCC2=C31. The van der Waals surface area contributed by atoms with Crippen LogP contribution in [0.4, 0.5) is 0 Å². The minimum absolute atomic E-state index is 0.485. The lowest BCUT2D eigenvalue weighted by molar-refractivity contribution is 0.539. The predicted octanol–water partition coefficient (Wildman–Crippen LogP) is 4.11. The van der Waals surface area contributed by atoms with Crippen molar-refractivity contribution >= 4 is 0 Å². The van der Waals surface area contributed by atoms with E-state index >= 15 is 0 Å². The van der Waals surface area contributed by atoms with Crippen LogP contribution in [-0.4, -0.2) is 12.6 Å². The van der Waals surface area contributed by atoms with Crippen LogP contribution in [0, 0.1) is 5.92 Å². The second-order valence-electron chi connectivity index (χ2n) is 7.31. The maximum absolute atomic E-state index is 3.73. The van der Waals surface area contributed by atoms with Crippen LogP contribution in [0.5, 0.6) is 0 Å². The number of dihydropyridines is 1. The lowest BCUT2D eigenvalue weighted by Crippen LogP contribution is -2.36. The third kappa shape index (κ3) is 2.16. The van der Waals surface area contributed by atoms with Gasteiger partial charge in [-0.1, -0.05) is 17.7 Å². The van der Waals surface area contributed by atoms with Crippen molar-refractivity contribution in [1.29, 1.82) is 0 Å². The molecule has 0 saturated carbocycles. The Bertz CT molecular complexity index is 666. The maximum Gasteiger partial charge on any atom is 0.0514 e. The Morgan fingerprint density at radius 3 is 3.05 bits per heavy atom. The van der Waals surface area contributed by atoms with Crippen molar-refractivity contribution in [2.24, 2.45) is 5.92 Å². The van der Waals surface area contributed by atoms with E-state index in [9.17, 15) is 0 Å². The van der Waals surface area contributed by atoms with Crippen molar-refractivity contribution in [3.63, 3.8) is 0 Å². The Hall–Kier alpha value is -1.70. The van der Waals surface area contributed by atoms with E-state index in [2.05, 4.69) is 49.6 Å². The van der Waals surface area contributed by atoms with Crippen molar-refractivity contribution in [2.75, 3.05) is 6.54 Å². The van der Waals surface area contributed by atoms with Gasteiger partial charge < -0.3 is 10.6 Å². The highest BCUT2D eigenvalue weighted by Crippen LogP contribution is 2.47. The molecule has 0 radical (unpaired) electrons. The average molecular weight is 294 g/mol. The van der Waals surface area contributed by atoms with Gasteiger partial charge in [-0.05, 0) is 74.8 Å². The zero-order chi connectivity index (χ0) is 15.3. The standard InChI is InChI=1S/C20H26N2/c1-12(2)7-8-18-17-10-14-11-21-19-6-4-5-15(20(14)19)16(17)9-13(3)22-18/h6-7,9,14,18,21-22H,4-5,8,10-11H2,1-3H3. The fourth-order valence-corrected chi connectivity index (χ4v) is 4.44. The monoisotopic (exact) mass is 294 g/mol. The third-order valence-electron chi connectivity index (χ3n) is 5.39. The van der Waals surface area contributed by atoms with Gasteiger partial charge in [0.1, 0.15) is 0 Å². The summed E-state index contributed by atoms with van der Waals surface area (Å²) in [4.78, 5) is 0. The van der Waals surface area contributed by atoms with Gasteiger partial charge in [0.2, 0.25) is 0 Å². The number of nitrogens with one attached hydrogen (secondary N) is 2. The first kappa shape index (κ1) is 13.9. The summed E-state index contributed by atoms with van der Waals surface area (Å²) in [6.07, 6.45) is 11.9. The molecule has 1 saturated heterocycles. The number of hydrogen-bond acceptors (Lipinski definition) is 2. The highest BCUT2D eigenvalue weighted by atomic mass is 15.0. The van der Waals surface area contributed by atoms with E-state index in [4.69, 9.17) is 0 Å². The Kier molecular flexibility index (Phi) is 3.28. The van der Waals surface area contributed by atoms with Crippen molar-refractivity contribution in [1.82, 2.24) is 10.6 Å². The minimum atomic E-state index is 0.485. The second kappa shape index (κ2) is 5.19. The molecule has 2 N–H and O–H groups in total. The van der Waals surface area contributed by atoms with Gasteiger partial charge in [0, 0.05) is 23.9 Å². The van der Waals surface area contributed by atoms with E-state index in [1.54, 1.807) is 22.3 Å². The van der Waals surface area contributed by atoms with Crippen molar-refractivity contribution in [2.45, 2.75) is 52.5 Å². The smallest absolute Gasteiger partial charge is 0.0514 e. The van der Waals surface area contributed by atoms with Crippen LogP contribution in [0.15, 0.2) is 57.5 Å². The highest BCUT2D eigenvalue weighted by Gasteiger charge is 2.38. The Labute approximate surface area is 133 Å². The Balaban J connectivity index is 1.77. The lowest BCUT2D eigenvalue weighted by atomic mass is 9.72. The minimum Gasteiger partial charge on any atom is -0.384 e. The molecule has 2 atom stereocenters. The normalized spacial score (nSPS) is 29.0. The molecule has 2 unspecified atom stereocenters. The van der Waals surface area contributed by atoms with Crippen LogP contribution in [0.3, 0.4) is 0 Å². The van der Waals surface area contributed by atoms with E-state index in [1.807, 2.05) is 0 Å². The molecule has 2 nitrogen and oxygen atoms in total. The van der Waals surface area contributed by atoms with E-state index in [0.717, 1.165) is 13.0 Å². The molecule has 0 aromatic rings. The first-order valence-corrected chi connectivity index (χ1v) is 8.62. The zero-order valence-corrected chi connectivity index (χ0v) is 13.9. The predicted molar refractivity (Wildman–Crippen MR) is 92.2 cm³/mol. The van der Waals surface area contributed by atoms with E-state index in [-0.39, 0.29) is 0 Å². The van der Waals surface area contributed by atoms with Crippen LogP contribution in [0.25, 0.3) is 0 Å². The summed E-state index contributed by atoms with van der Waals surface area (Å²) in [5.41, 5.74) is 10.6. The van der Waals surface area contributed by atoms with E-state index < -0.39 is 0 Å². The third-order valence-corrected chi connectivity index (χ3v) is 5.39. The van der Waals surface area contributed by atoms with Crippen LogP contribution in [0.1, 0.15) is 46.5 Å². The summed E-state index contributed by atoms with van der Waals surface area (Å²) in [5.74, 6) is 0.697. The van der Waals surface area contributed by atoms with Gasteiger partial charge in [0.25, 0.3) is 0 Å². The number of rotatable bonds is 2. The van der Waals surface area contributed by atoms with Crippen LogP contribution < -0.4 is 10.6 Å². The van der Waals surface area contributed by atoms with Gasteiger partial charge in [-0.3, -0.25) is 0 Å². The molecule has 2 heterocycles. The Morgan fingerprint density at radius 1 is 1.36 bits per heavy atom. The summed E-state index contributed by atoms with van der Waals surface area (Å²) < 4.78 is 0. The van der Waals surface area contributed by atoms with Gasteiger partial charge in [-0.25, -0.2) is 0 Å². The lowest BCUT2D eigenvalue weighted by Gasteiger charge is -2.36. The number of hydrogen-bond donors (Lipinski definition) is 2. The quantitative estimate of drug-likeness (QED) is 0.749. The molecule has 4 rings (SSSR count). The molecule has 4 aliphatic rings. The number of allylic oxidation sites excluding steroid dienone is 7. The van der Waals surface area contributed by atoms with E-state index in [0.29, 0.717) is 12.0 Å². The average Bonchev–Trinajstić information content (AvgIpc) is 2.90. The molecule has 0 aromatic carbocycles. The molecule has 22 heavy (non-hydrogen) atoms. The molecular weight excluding hydrogens is 268 g/mol. The number of fused-ring (bicyclic) bond motifs is 1. The van der Waals surface area contributed by atoms with Crippen LogP contribution in [0.2, 0.25) is 0 Å². The van der Waals surface area contributed by atoms with Gasteiger partial charge in [-0.15, -0.1) is 0 Å². The van der Waals surface area contributed by atoms with Crippen molar-refractivity contribution < 1.29 is 0 Å². The maximum atomic E-state index is 3.73. The first-order valence-electron chi connectivity index (χ1n) is 8.62. The second-order valence-corrected chi connectivity index (χ2v) is 7.31. The molecule has 0 spiro atoms. The van der Waals surface area contributed by atoms with Gasteiger partial charge >= 0.3 is 0 Å². The van der Waals surface area contributed by atoms with Crippen molar-refractivity contribution in [3.8, 4) is 0 Å². The first-order chi connectivity index (χ1) is 10.6. The topological polar surface area (TPSA) is 24.1 Å². The summed E-state index contributed by atoms with van der Waals surface area (Å²) in [6.45, 7) is 7.73. The van der Waals surface area contributed by atoms with Crippen LogP contribution >= 0.6 is 0 Å². The van der Waals surface area contributed by atoms with Gasteiger partial charge in [0.15, 0.2) is 0 Å². The summed E-state index contributed by atoms with van der Waals surface area (Å²) >= 11 is 0. The summed E-state index contributed by atoms with van der Waals surface area (Å²) in [5, 5.41) is 7.37. The fraction of sp³-hybridized carbons (Fsp3) is 0.500. The molecule has 0 bridgehead atoms. The largest absolute Gasteiger partial charge is 0.384 e. The van der Waals surface area contributed by atoms with Gasteiger partial charge in [-0.2, -0.15) is 0 Å². The highest BCUT2D eigenvalue weighted by molar-refractivity contribution is 5.60. The molecule has 2 aliphatic carbocycles. The summed E-state index contributed by atoms with van der Waals surface area (Å²) in [6, 6.07) is 0.485. The molecule has 1 fully saturated rings. The molecule has 2 aliphatic heterocycles. The van der Waals surface area contributed by atoms with Gasteiger partial charge in [0.05, 0.1) is 6.04 Å². The molecule has 0 aromatic heterocycles. The zero-order valence-electron chi connectivity index (χ0n) is 13.9. The molecule has 2 heteroatoms. The Morgan fingerprint density at radius 2 is 2.23 bits per heavy atom. The molecular formula is C20H26N2. The summed E-state index contributed by atoms with van der Waals surface area (Å²) in [7, 11) is 0. The van der Waals surface area contributed by atoms with Crippen LogP contribution in [-0.2, 0) is 0 Å². The fourth-order valence-electron chi connectivity index (χ4n) is 4.44. The van der Waals surface area contributed by atoms with Crippen molar-refractivity contribution in [3.05, 3.63) is 57.5 Å². The molecule has 116 valence electrons.